The summed E-state index contributed by atoms with van der Waals surface area (Å²) in [4.78, 5) is 25.2. The SMILES string of the molecule is Cn1c(=O)cc(CC(C)(C)C)[nH]c1=O. The summed E-state index contributed by atoms with van der Waals surface area (Å²) in [6.45, 7) is 6.17. The maximum atomic E-state index is 11.3. The molecule has 0 fully saturated rings. The molecular formula is C10H16N2O2. The van der Waals surface area contributed by atoms with Crippen LogP contribution in [0.2, 0.25) is 0 Å². The van der Waals surface area contributed by atoms with Crippen LogP contribution in [-0.4, -0.2) is 9.55 Å². The van der Waals surface area contributed by atoms with Crippen LogP contribution < -0.4 is 11.2 Å². The molecule has 0 unspecified atom stereocenters. The van der Waals surface area contributed by atoms with Gasteiger partial charge in [-0.25, -0.2) is 4.79 Å². The molecule has 1 heterocycles. The Balaban J connectivity index is 3.15. The molecule has 14 heavy (non-hydrogen) atoms. The number of aromatic nitrogens is 2. The zero-order valence-electron chi connectivity index (χ0n) is 9.05. The smallest absolute Gasteiger partial charge is 0.311 e. The number of nitrogens with zero attached hydrogens (tertiary/aromatic N) is 1. The van der Waals surface area contributed by atoms with Crippen molar-refractivity contribution in [3.63, 3.8) is 0 Å². The maximum Gasteiger partial charge on any atom is 0.328 e. The Morgan fingerprint density at radius 1 is 1.36 bits per heavy atom. The van der Waals surface area contributed by atoms with E-state index >= 15 is 0 Å². The fraction of sp³-hybridized carbons (Fsp3) is 0.600. The van der Waals surface area contributed by atoms with Crippen molar-refractivity contribution in [2.75, 3.05) is 0 Å². The van der Waals surface area contributed by atoms with Gasteiger partial charge in [-0.3, -0.25) is 9.36 Å². The largest absolute Gasteiger partial charge is 0.328 e. The summed E-state index contributed by atoms with van der Waals surface area (Å²) in [5, 5.41) is 0. The highest BCUT2D eigenvalue weighted by Crippen LogP contribution is 2.17. The summed E-state index contributed by atoms with van der Waals surface area (Å²) < 4.78 is 1.06. The molecule has 1 N–H and O–H groups in total. The lowest BCUT2D eigenvalue weighted by Crippen LogP contribution is -2.33. The number of aromatic amines is 1. The van der Waals surface area contributed by atoms with Crippen molar-refractivity contribution >= 4 is 0 Å². The van der Waals surface area contributed by atoms with Crippen LogP contribution in [0.5, 0.6) is 0 Å². The van der Waals surface area contributed by atoms with Crippen molar-refractivity contribution < 1.29 is 0 Å². The van der Waals surface area contributed by atoms with E-state index in [1.54, 1.807) is 0 Å². The lowest BCUT2D eigenvalue weighted by Gasteiger charge is -2.17. The van der Waals surface area contributed by atoms with Gasteiger partial charge in [-0.1, -0.05) is 20.8 Å². The van der Waals surface area contributed by atoms with Crippen LogP contribution in [-0.2, 0) is 13.5 Å². The van der Waals surface area contributed by atoms with E-state index < -0.39 is 0 Å². The number of hydrogen-bond acceptors (Lipinski definition) is 2. The average Bonchev–Trinajstić information content (AvgIpc) is 1.96. The number of rotatable bonds is 1. The molecular weight excluding hydrogens is 180 g/mol. The van der Waals surface area contributed by atoms with Gasteiger partial charge < -0.3 is 4.98 Å². The van der Waals surface area contributed by atoms with Crippen molar-refractivity contribution in [1.29, 1.82) is 0 Å². The summed E-state index contributed by atoms with van der Waals surface area (Å²) in [6.07, 6.45) is 0.693. The molecule has 0 spiro atoms. The molecule has 0 saturated carbocycles. The van der Waals surface area contributed by atoms with Crippen LogP contribution in [0.3, 0.4) is 0 Å². The van der Waals surface area contributed by atoms with E-state index in [0.29, 0.717) is 12.1 Å². The van der Waals surface area contributed by atoms with Gasteiger partial charge in [0.1, 0.15) is 0 Å². The second-order valence-electron chi connectivity index (χ2n) is 4.73. The molecule has 0 aliphatic carbocycles. The van der Waals surface area contributed by atoms with Crippen LogP contribution >= 0.6 is 0 Å². The average molecular weight is 196 g/mol. The van der Waals surface area contributed by atoms with Gasteiger partial charge in [0, 0.05) is 18.8 Å². The van der Waals surface area contributed by atoms with Crippen LogP contribution in [0.25, 0.3) is 0 Å². The monoisotopic (exact) mass is 196 g/mol. The third kappa shape index (κ3) is 2.58. The van der Waals surface area contributed by atoms with Gasteiger partial charge >= 0.3 is 5.69 Å². The summed E-state index contributed by atoms with van der Waals surface area (Å²) in [7, 11) is 1.46. The minimum atomic E-state index is -0.350. The van der Waals surface area contributed by atoms with Gasteiger partial charge in [-0.2, -0.15) is 0 Å². The van der Waals surface area contributed by atoms with Gasteiger partial charge in [0.15, 0.2) is 0 Å². The first kappa shape index (κ1) is 10.8. The zero-order valence-corrected chi connectivity index (χ0v) is 9.05. The molecule has 0 aliphatic rings. The van der Waals surface area contributed by atoms with Crippen LogP contribution in [0.1, 0.15) is 26.5 Å². The first-order chi connectivity index (χ1) is 6.29. The van der Waals surface area contributed by atoms with Crippen LogP contribution in [0, 0.1) is 5.41 Å². The van der Waals surface area contributed by atoms with E-state index in [2.05, 4.69) is 25.8 Å². The molecule has 0 bridgehead atoms. The Morgan fingerprint density at radius 3 is 2.36 bits per heavy atom. The topological polar surface area (TPSA) is 54.9 Å². The van der Waals surface area contributed by atoms with E-state index in [0.717, 1.165) is 4.57 Å². The molecule has 0 radical (unpaired) electrons. The van der Waals surface area contributed by atoms with Crippen LogP contribution in [0.4, 0.5) is 0 Å². The van der Waals surface area contributed by atoms with Gasteiger partial charge in [0.2, 0.25) is 0 Å². The van der Waals surface area contributed by atoms with Crippen molar-refractivity contribution in [3.8, 4) is 0 Å². The second kappa shape index (κ2) is 3.44. The summed E-state index contributed by atoms with van der Waals surface area (Å²) in [5.41, 5.74) is 0.158. The Labute approximate surface area is 82.6 Å². The molecule has 0 saturated heterocycles. The normalized spacial score (nSPS) is 11.7. The highest BCUT2D eigenvalue weighted by atomic mass is 16.2. The van der Waals surface area contributed by atoms with Crippen molar-refractivity contribution in [1.82, 2.24) is 9.55 Å². The van der Waals surface area contributed by atoms with E-state index in [1.165, 1.54) is 13.1 Å². The van der Waals surface area contributed by atoms with Gasteiger partial charge in [-0.15, -0.1) is 0 Å². The maximum absolute atomic E-state index is 11.3. The lowest BCUT2D eigenvalue weighted by molar-refractivity contribution is 0.404. The predicted molar refractivity (Wildman–Crippen MR) is 55.5 cm³/mol. The highest BCUT2D eigenvalue weighted by Gasteiger charge is 2.12. The third-order valence-corrected chi connectivity index (χ3v) is 1.92. The molecule has 78 valence electrons. The van der Waals surface area contributed by atoms with Crippen molar-refractivity contribution in [3.05, 3.63) is 32.6 Å². The Bertz CT molecular complexity index is 403. The first-order valence-corrected chi connectivity index (χ1v) is 4.59. The summed E-state index contributed by atoms with van der Waals surface area (Å²) >= 11 is 0. The zero-order chi connectivity index (χ0) is 10.9. The Hall–Kier alpha value is -1.32. The van der Waals surface area contributed by atoms with Crippen molar-refractivity contribution in [2.24, 2.45) is 12.5 Å². The molecule has 0 aromatic carbocycles. The second-order valence-corrected chi connectivity index (χ2v) is 4.73. The summed E-state index contributed by atoms with van der Waals surface area (Å²) in [6, 6.07) is 1.48. The molecule has 0 atom stereocenters. The fourth-order valence-corrected chi connectivity index (χ4v) is 1.27. The summed E-state index contributed by atoms with van der Waals surface area (Å²) in [5.74, 6) is 0. The van der Waals surface area contributed by atoms with E-state index in [-0.39, 0.29) is 16.7 Å². The van der Waals surface area contributed by atoms with Crippen molar-refractivity contribution in [2.45, 2.75) is 27.2 Å². The number of nitrogens with one attached hydrogen (secondary N) is 1. The first-order valence-electron chi connectivity index (χ1n) is 4.59. The molecule has 4 nitrogen and oxygen atoms in total. The minimum Gasteiger partial charge on any atom is -0.311 e. The quantitative estimate of drug-likeness (QED) is 0.717. The molecule has 1 aromatic heterocycles. The van der Waals surface area contributed by atoms with E-state index in [1.807, 2.05) is 0 Å². The van der Waals surface area contributed by atoms with Gasteiger partial charge in [-0.05, 0) is 11.8 Å². The van der Waals surface area contributed by atoms with E-state index in [4.69, 9.17) is 0 Å². The van der Waals surface area contributed by atoms with E-state index in [9.17, 15) is 9.59 Å². The molecule has 4 heteroatoms. The molecule has 0 amide bonds. The third-order valence-electron chi connectivity index (χ3n) is 1.92. The fourth-order valence-electron chi connectivity index (χ4n) is 1.27. The number of hydrogen-bond donors (Lipinski definition) is 1. The highest BCUT2D eigenvalue weighted by molar-refractivity contribution is 5.01. The van der Waals surface area contributed by atoms with Crippen LogP contribution in [0.15, 0.2) is 15.7 Å². The minimum absolute atomic E-state index is 0.0648. The predicted octanol–water partition coefficient (Wildman–Crippen LogP) is 0.662. The molecule has 1 aromatic rings. The number of H-pyrrole nitrogens is 1. The molecule has 0 aliphatic heterocycles. The standard InChI is InChI=1S/C10H16N2O2/c1-10(2,3)6-7-5-8(13)12(4)9(14)11-7/h5H,6H2,1-4H3,(H,11,14). The molecule has 1 rings (SSSR count). The Morgan fingerprint density at radius 2 is 1.93 bits per heavy atom. The van der Waals surface area contributed by atoms with Gasteiger partial charge in [0.25, 0.3) is 5.56 Å². The van der Waals surface area contributed by atoms with Gasteiger partial charge in [0.05, 0.1) is 0 Å². The Kier molecular flexibility index (Phi) is 2.64. The lowest BCUT2D eigenvalue weighted by atomic mass is 9.90.